The van der Waals surface area contributed by atoms with Gasteiger partial charge in [0.15, 0.2) is 0 Å². The highest BCUT2D eigenvalue weighted by Crippen LogP contribution is 2.34. The van der Waals surface area contributed by atoms with E-state index in [-0.39, 0.29) is 0 Å². The zero-order chi connectivity index (χ0) is 18.9. The van der Waals surface area contributed by atoms with Crippen molar-refractivity contribution in [2.75, 3.05) is 10.6 Å². The van der Waals surface area contributed by atoms with Crippen LogP contribution in [-0.2, 0) is 0 Å². The van der Waals surface area contributed by atoms with Crippen molar-refractivity contribution in [1.29, 1.82) is 0 Å². The molecule has 0 saturated heterocycles. The molecule has 0 bridgehead atoms. The van der Waals surface area contributed by atoms with Crippen LogP contribution in [0.5, 0.6) is 0 Å². The molecule has 0 unspecified atom stereocenters. The van der Waals surface area contributed by atoms with Gasteiger partial charge in [0.1, 0.15) is 6.17 Å². The summed E-state index contributed by atoms with van der Waals surface area (Å²) in [5.41, 5.74) is 1.75. The van der Waals surface area contributed by atoms with Gasteiger partial charge in [0.25, 0.3) is 0 Å². The first-order chi connectivity index (χ1) is 13.0. The van der Waals surface area contributed by atoms with Crippen LogP contribution in [0.2, 0.25) is 0 Å². The Labute approximate surface area is 173 Å². The maximum Gasteiger partial charge on any atom is 0.228 e. The molecule has 27 heavy (non-hydrogen) atoms. The summed E-state index contributed by atoms with van der Waals surface area (Å²) in [6, 6.07) is 28.4. The Bertz CT molecular complexity index is 1010. The van der Waals surface area contributed by atoms with E-state index in [1.54, 1.807) is 0 Å². The van der Waals surface area contributed by atoms with Gasteiger partial charge in [0, 0.05) is 11.4 Å². The zero-order valence-electron chi connectivity index (χ0n) is 14.3. The highest BCUT2D eigenvalue weighted by atomic mass is 35.6. The first-order valence-electron chi connectivity index (χ1n) is 8.56. The molecule has 2 nitrogen and oxygen atoms in total. The van der Waals surface area contributed by atoms with Crippen molar-refractivity contribution in [2.45, 2.75) is 9.96 Å². The van der Waals surface area contributed by atoms with Crippen LogP contribution in [0.3, 0.4) is 0 Å². The average Bonchev–Trinajstić information content (AvgIpc) is 2.66. The minimum absolute atomic E-state index is 0.607. The predicted octanol–water partition coefficient (Wildman–Crippen LogP) is 7.21. The molecule has 2 N–H and O–H groups in total. The molecule has 0 heterocycles. The number of benzene rings is 4. The molecule has 0 aromatic heterocycles. The van der Waals surface area contributed by atoms with Gasteiger partial charge < -0.3 is 10.6 Å². The molecule has 4 rings (SSSR count). The van der Waals surface area contributed by atoms with Crippen molar-refractivity contribution >= 4 is 67.7 Å². The van der Waals surface area contributed by atoms with Gasteiger partial charge in [-0.3, -0.25) is 0 Å². The quantitative estimate of drug-likeness (QED) is 0.272. The highest BCUT2D eigenvalue weighted by Gasteiger charge is 2.32. The molecule has 0 fully saturated rings. The van der Waals surface area contributed by atoms with E-state index >= 15 is 0 Å². The third kappa shape index (κ3) is 4.24. The van der Waals surface area contributed by atoms with Crippen LogP contribution in [0.1, 0.15) is 0 Å². The van der Waals surface area contributed by atoms with Crippen molar-refractivity contribution in [2.24, 2.45) is 0 Å². The number of rotatable bonds is 4. The van der Waals surface area contributed by atoms with E-state index < -0.39 is 9.96 Å². The summed E-state index contributed by atoms with van der Waals surface area (Å²) in [6.07, 6.45) is -0.607. The smallest absolute Gasteiger partial charge is 0.228 e. The molecule has 4 aromatic carbocycles. The number of halogens is 3. The average molecular weight is 416 g/mol. The molecular weight excluding hydrogens is 399 g/mol. The number of nitrogens with one attached hydrogen (secondary N) is 2. The Kier molecular flexibility index (Phi) is 5.05. The molecule has 0 aliphatic heterocycles. The molecular formula is C22H17Cl3N2. The monoisotopic (exact) mass is 414 g/mol. The van der Waals surface area contributed by atoms with E-state index in [2.05, 4.69) is 34.9 Å². The summed E-state index contributed by atoms with van der Waals surface area (Å²) < 4.78 is -1.54. The molecule has 0 radical (unpaired) electrons. The summed E-state index contributed by atoms with van der Waals surface area (Å²) in [4.78, 5) is 0. The van der Waals surface area contributed by atoms with E-state index in [1.165, 1.54) is 0 Å². The standard InChI is InChI=1S/C22H17Cl3N2/c23-22(24,25)21(26-19-11-9-15-5-1-3-7-17(15)13-19)27-20-12-10-16-6-2-4-8-18(16)14-20/h1-14,21,26-27H. The minimum Gasteiger partial charge on any atom is -0.362 e. The van der Waals surface area contributed by atoms with Gasteiger partial charge in [-0.15, -0.1) is 0 Å². The van der Waals surface area contributed by atoms with E-state index in [1.807, 2.05) is 60.7 Å². The fourth-order valence-corrected chi connectivity index (χ4v) is 3.42. The number of anilines is 2. The van der Waals surface area contributed by atoms with Crippen molar-refractivity contribution in [3.8, 4) is 0 Å². The Balaban J connectivity index is 1.62. The van der Waals surface area contributed by atoms with Crippen LogP contribution in [0, 0.1) is 0 Å². The SMILES string of the molecule is ClC(Cl)(Cl)C(Nc1ccc2ccccc2c1)Nc1ccc2ccccc2c1. The first-order valence-corrected chi connectivity index (χ1v) is 9.70. The molecule has 136 valence electrons. The molecule has 5 heteroatoms. The van der Waals surface area contributed by atoms with Crippen molar-refractivity contribution in [1.82, 2.24) is 0 Å². The zero-order valence-corrected chi connectivity index (χ0v) is 16.6. The normalized spacial score (nSPS) is 11.9. The van der Waals surface area contributed by atoms with Gasteiger partial charge in [-0.05, 0) is 45.8 Å². The topological polar surface area (TPSA) is 24.1 Å². The first kappa shape index (κ1) is 18.2. The molecule has 0 aliphatic rings. The van der Waals surface area contributed by atoms with Crippen molar-refractivity contribution in [3.63, 3.8) is 0 Å². The lowest BCUT2D eigenvalue weighted by molar-refractivity contribution is 0.838. The lowest BCUT2D eigenvalue weighted by Gasteiger charge is -2.28. The second-order valence-corrected chi connectivity index (χ2v) is 8.76. The van der Waals surface area contributed by atoms with Crippen LogP contribution in [-0.4, -0.2) is 9.96 Å². The summed E-state index contributed by atoms with van der Waals surface area (Å²) in [5, 5.41) is 11.2. The predicted molar refractivity (Wildman–Crippen MR) is 119 cm³/mol. The Morgan fingerprint density at radius 3 is 1.37 bits per heavy atom. The maximum absolute atomic E-state index is 6.24. The molecule has 0 saturated carbocycles. The lowest BCUT2D eigenvalue weighted by atomic mass is 10.1. The molecule has 0 amide bonds. The third-order valence-electron chi connectivity index (χ3n) is 4.45. The third-order valence-corrected chi connectivity index (χ3v) is 5.10. The molecule has 4 aromatic rings. The Morgan fingerprint density at radius 2 is 0.963 bits per heavy atom. The lowest BCUT2D eigenvalue weighted by Crippen LogP contribution is -2.40. The van der Waals surface area contributed by atoms with Gasteiger partial charge in [-0.2, -0.15) is 0 Å². The van der Waals surface area contributed by atoms with Gasteiger partial charge in [-0.25, -0.2) is 0 Å². The van der Waals surface area contributed by atoms with Gasteiger partial charge >= 0.3 is 0 Å². The van der Waals surface area contributed by atoms with E-state index in [0.29, 0.717) is 0 Å². The van der Waals surface area contributed by atoms with Crippen LogP contribution in [0.25, 0.3) is 21.5 Å². The van der Waals surface area contributed by atoms with Crippen molar-refractivity contribution < 1.29 is 0 Å². The van der Waals surface area contributed by atoms with E-state index in [4.69, 9.17) is 34.8 Å². The maximum atomic E-state index is 6.24. The fraction of sp³-hybridized carbons (Fsp3) is 0.0909. The summed E-state index contributed by atoms with van der Waals surface area (Å²) in [7, 11) is 0. The number of hydrogen-bond donors (Lipinski definition) is 2. The Morgan fingerprint density at radius 1 is 0.556 bits per heavy atom. The number of hydrogen-bond acceptors (Lipinski definition) is 2. The van der Waals surface area contributed by atoms with Gasteiger partial charge in [0.05, 0.1) is 0 Å². The Hall–Kier alpha value is -2.13. The van der Waals surface area contributed by atoms with E-state index in [9.17, 15) is 0 Å². The second-order valence-electron chi connectivity index (χ2n) is 6.39. The highest BCUT2D eigenvalue weighted by molar-refractivity contribution is 6.68. The molecule has 0 atom stereocenters. The number of alkyl halides is 3. The summed E-state index contributed by atoms with van der Waals surface area (Å²) in [6.45, 7) is 0. The molecule has 0 spiro atoms. The van der Waals surface area contributed by atoms with Crippen LogP contribution >= 0.6 is 34.8 Å². The van der Waals surface area contributed by atoms with Crippen LogP contribution in [0.15, 0.2) is 84.9 Å². The van der Waals surface area contributed by atoms with Crippen LogP contribution < -0.4 is 10.6 Å². The van der Waals surface area contributed by atoms with E-state index in [0.717, 1.165) is 32.9 Å². The number of fused-ring (bicyclic) bond motifs is 2. The second kappa shape index (κ2) is 7.47. The summed E-state index contributed by atoms with van der Waals surface area (Å²) >= 11 is 18.7. The van der Waals surface area contributed by atoms with Crippen molar-refractivity contribution in [3.05, 3.63) is 84.9 Å². The fourth-order valence-electron chi connectivity index (χ4n) is 3.09. The molecule has 0 aliphatic carbocycles. The van der Waals surface area contributed by atoms with Crippen LogP contribution in [0.4, 0.5) is 11.4 Å². The largest absolute Gasteiger partial charge is 0.362 e. The van der Waals surface area contributed by atoms with Gasteiger partial charge in [0.2, 0.25) is 3.79 Å². The van der Waals surface area contributed by atoms with Gasteiger partial charge in [-0.1, -0.05) is 95.5 Å². The minimum atomic E-state index is -1.54. The summed E-state index contributed by atoms with van der Waals surface area (Å²) in [5.74, 6) is 0.